The van der Waals surface area contributed by atoms with E-state index in [0.717, 1.165) is 10.6 Å². The summed E-state index contributed by atoms with van der Waals surface area (Å²) in [6.45, 7) is 1.10. The Morgan fingerprint density at radius 1 is 1.43 bits per heavy atom. The number of aliphatic hydroxyl groups is 1. The number of thioether (sulfide) groups is 1. The molecule has 1 aromatic rings. The Balaban J connectivity index is 2.53. The summed E-state index contributed by atoms with van der Waals surface area (Å²) in [6, 6.07) is 0. The zero-order valence-corrected chi connectivity index (χ0v) is 14.1. The molecule has 0 aromatic carbocycles. The highest BCUT2D eigenvalue weighted by molar-refractivity contribution is 8.01. The number of H-pyrrole nitrogens is 1. The van der Waals surface area contributed by atoms with E-state index in [1.165, 1.54) is 18.7 Å². The van der Waals surface area contributed by atoms with Crippen LogP contribution in [-0.2, 0) is 26.5 Å². The Labute approximate surface area is 127 Å². The van der Waals surface area contributed by atoms with Gasteiger partial charge in [0.25, 0.3) is 0 Å². The highest BCUT2D eigenvalue weighted by atomic mass is 32.2. The molecule has 1 aliphatic heterocycles. The molecule has 0 amide bonds. The molecule has 0 radical (unpaired) electrons. The zero-order chi connectivity index (χ0) is 15.8. The van der Waals surface area contributed by atoms with E-state index in [9.17, 15) is 21.9 Å². The van der Waals surface area contributed by atoms with Crippen molar-refractivity contribution in [3.63, 3.8) is 0 Å². The third kappa shape index (κ3) is 3.11. The van der Waals surface area contributed by atoms with Crippen LogP contribution < -0.4 is 0 Å². The van der Waals surface area contributed by atoms with Crippen LogP contribution in [0.3, 0.4) is 0 Å². The van der Waals surface area contributed by atoms with E-state index in [1.54, 1.807) is 0 Å². The van der Waals surface area contributed by atoms with E-state index >= 15 is 0 Å². The van der Waals surface area contributed by atoms with Crippen molar-refractivity contribution in [1.29, 1.82) is 0 Å². The molecule has 2 heterocycles. The van der Waals surface area contributed by atoms with Crippen molar-refractivity contribution in [2.75, 3.05) is 24.3 Å². The van der Waals surface area contributed by atoms with Crippen LogP contribution in [0.25, 0.3) is 0 Å². The molecule has 2 N–H and O–H groups in total. The number of rotatable bonds is 4. The predicted octanol–water partition coefficient (Wildman–Crippen LogP) is -0.681. The van der Waals surface area contributed by atoms with Crippen molar-refractivity contribution in [2.45, 2.75) is 23.8 Å². The molecule has 1 atom stereocenters. The van der Waals surface area contributed by atoms with Gasteiger partial charge < -0.3 is 5.11 Å². The number of hydrogen-bond donors (Lipinski definition) is 2. The number of aliphatic hydroxyl groups excluding tert-OH is 1. The third-order valence-corrected chi connectivity index (χ3v) is 8.10. The van der Waals surface area contributed by atoms with Gasteiger partial charge in [-0.05, 0) is 6.92 Å². The van der Waals surface area contributed by atoms with Crippen molar-refractivity contribution in [1.82, 2.24) is 14.5 Å². The molecule has 1 aliphatic rings. The van der Waals surface area contributed by atoms with Crippen LogP contribution in [0.4, 0.5) is 0 Å². The van der Waals surface area contributed by atoms with Crippen molar-refractivity contribution >= 4 is 31.6 Å². The van der Waals surface area contributed by atoms with Gasteiger partial charge in [0.1, 0.15) is 16.0 Å². The van der Waals surface area contributed by atoms with Crippen molar-refractivity contribution in [3.8, 4) is 0 Å². The summed E-state index contributed by atoms with van der Waals surface area (Å²) >= 11 is 1.40. The van der Waals surface area contributed by atoms with Gasteiger partial charge in [0.15, 0.2) is 9.84 Å². The van der Waals surface area contributed by atoms with Gasteiger partial charge >= 0.3 is 0 Å². The Hall–Kier alpha value is -0.620. The average Bonchev–Trinajstić information content (AvgIpc) is 2.79. The fourth-order valence-corrected chi connectivity index (χ4v) is 7.71. The summed E-state index contributed by atoms with van der Waals surface area (Å²) in [5.41, 5.74) is 0.280. The van der Waals surface area contributed by atoms with Gasteiger partial charge in [0.2, 0.25) is 10.0 Å². The highest BCUT2D eigenvalue weighted by Crippen LogP contribution is 2.29. The van der Waals surface area contributed by atoms with Crippen molar-refractivity contribution in [2.24, 2.45) is 0 Å². The quantitative estimate of drug-likeness (QED) is 0.734. The Morgan fingerprint density at radius 3 is 2.67 bits per heavy atom. The number of sulfone groups is 1. The first-order chi connectivity index (χ1) is 9.69. The minimum atomic E-state index is -4.04. The maximum Gasteiger partial charge on any atom is 0.248 e. The average molecular weight is 355 g/mol. The van der Waals surface area contributed by atoms with Crippen LogP contribution in [0, 0.1) is 6.92 Å². The SMILES string of the molecule is Cc1[nH]nc(CO)c1S(=O)(=O)N1CCSCC1S(C)(=O)=O. The van der Waals surface area contributed by atoms with Crippen molar-refractivity contribution < 1.29 is 21.9 Å². The Morgan fingerprint density at radius 2 is 2.10 bits per heavy atom. The minimum absolute atomic E-state index is 0.00187. The van der Waals surface area contributed by atoms with Crippen LogP contribution in [0.5, 0.6) is 0 Å². The zero-order valence-electron chi connectivity index (χ0n) is 11.6. The van der Waals surface area contributed by atoms with Crippen LogP contribution in [0.1, 0.15) is 11.4 Å². The molecule has 1 fully saturated rings. The standard InChI is InChI=1S/C10H17N3O5S3/c1-7-10(8(5-14)12-11-7)21(17,18)13-3-4-19-6-9(13)20(2,15)16/h9,14H,3-6H2,1-2H3,(H,11,12). The number of aromatic nitrogens is 2. The first-order valence-electron chi connectivity index (χ1n) is 6.12. The second-order valence-electron chi connectivity index (χ2n) is 4.76. The van der Waals surface area contributed by atoms with E-state index < -0.39 is 31.8 Å². The van der Waals surface area contributed by atoms with Crippen LogP contribution in [0.15, 0.2) is 4.90 Å². The van der Waals surface area contributed by atoms with Crippen LogP contribution in [0.2, 0.25) is 0 Å². The molecule has 0 bridgehead atoms. The minimum Gasteiger partial charge on any atom is -0.390 e. The first kappa shape index (κ1) is 16.7. The monoisotopic (exact) mass is 355 g/mol. The van der Waals surface area contributed by atoms with Gasteiger partial charge in [-0.15, -0.1) is 0 Å². The number of nitrogens with zero attached hydrogens (tertiary/aromatic N) is 2. The number of aromatic amines is 1. The topological polar surface area (TPSA) is 120 Å². The molecular formula is C10H17N3O5S3. The molecule has 120 valence electrons. The lowest BCUT2D eigenvalue weighted by Gasteiger charge is -2.32. The summed E-state index contributed by atoms with van der Waals surface area (Å²) in [5.74, 6) is 0.722. The van der Waals surface area contributed by atoms with E-state index in [-0.39, 0.29) is 28.6 Å². The number of nitrogens with one attached hydrogen (secondary N) is 1. The normalized spacial score (nSPS) is 21.6. The highest BCUT2D eigenvalue weighted by Gasteiger charge is 2.41. The van der Waals surface area contributed by atoms with E-state index in [1.807, 2.05) is 0 Å². The summed E-state index contributed by atoms with van der Waals surface area (Å²) in [5, 5.41) is 14.4. The summed E-state index contributed by atoms with van der Waals surface area (Å²) in [6.07, 6.45) is 1.03. The smallest absolute Gasteiger partial charge is 0.248 e. The summed E-state index contributed by atoms with van der Waals surface area (Å²) in [4.78, 5) is -0.134. The second kappa shape index (κ2) is 5.88. The fraction of sp³-hybridized carbons (Fsp3) is 0.700. The lowest BCUT2D eigenvalue weighted by molar-refractivity contribution is 0.273. The van der Waals surface area contributed by atoms with Crippen LogP contribution in [-0.4, -0.2) is 66.1 Å². The van der Waals surface area contributed by atoms with Gasteiger partial charge in [-0.25, -0.2) is 16.8 Å². The molecule has 8 nitrogen and oxygen atoms in total. The molecular weight excluding hydrogens is 338 g/mol. The Bertz CT molecular complexity index is 725. The van der Waals surface area contributed by atoms with Gasteiger partial charge in [0.05, 0.1) is 12.3 Å². The summed E-state index contributed by atoms with van der Waals surface area (Å²) in [7, 11) is -7.59. The first-order valence-corrected chi connectivity index (χ1v) is 10.7. The van der Waals surface area contributed by atoms with Crippen molar-refractivity contribution in [3.05, 3.63) is 11.4 Å². The van der Waals surface area contributed by atoms with E-state index in [0.29, 0.717) is 5.75 Å². The molecule has 0 aliphatic carbocycles. The number of sulfonamides is 1. The van der Waals surface area contributed by atoms with Gasteiger partial charge in [-0.3, -0.25) is 5.10 Å². The van der Waals surface area contributed by atoms with E-state index in [4.69, 9.17) is 0 Å². The third-order valence-electron chi connectivity index (χ3n) is 3.21. The second-order valence-corrected chi connectivity index (χ2v) is 9.94. The molecule has 1 saturated heterocycles. The molecule has 2 rings (SSSR count). The maximum absolute atomic E-state index is 12.8. The van der Waals surface area contributed by atoms with Crippen LogP contribution >= 0.6 is 11.8 Å². The van der Waals surface area contributed by atoms with Gasteiger partial charge in [-0.2, -0.15) is 21.2 Å². The molecule has 11 heteroatoms. The summed E-state index contributed by atoms with van der Waals surface area (Å²) < 4.78 is 50.3. The fourth-order valence-electron chi connectivity index (χ4n) is 2.21. The van der Waals surface area contributed by atoms with E-state index in [2.05, 4.69) is 10.2 Å². The maximum atomic E-state index is 12.8. The van der Waals surface area contributed by atoms with Gasteiger partial charge in [0, 0.05) is 24.3 Å². The largest absolute Gasteiger partial charge is 0.390 e. The number of aryl methyl sites for hydroxylation is 1. The number of hydrogen-bond acceptors (Lipinski definition) is 7. The molecule has 1 aromatic heterocycles. The molecule has 0 saturated carbocycles. The predicted molar refractivity (Wildman–Crippen MR) is 79.1 cm³/mol. The molecule has 21 heavy (non-hydrogen) atoms. The lowest BCUT2D eigenvalue weighted by atomic mass is 10.4. The Kier molecular flexibility index (Phi) is 4.69. The molecule has 0 spiro atoms. The van der Waals surface area contributed by atoms with Gasteiger partial charge in [-0.1, -0.05) is 0 Å². The molecule has 1 unspecified atom stereocenters. The lowest BCUT2D eigenvalue weighted by Crippen LogP contribution is -2.49.